The number of carbonyl (C=O) groups is 2. The van der Waals surface area contributed by atoms with Gasteiger partial charge in [0.05, 0.1) is 34.1 Å². The molecule has 172 valence electrons. The minimum atomic E-state index is -4.83. The van der Waals surface area contributed by atoms with E-state index in [-0.39, 0.29) is 22.5 Å². The maximum atomic E-state index is 12.4. The molecule has 0 amide bonds. The van der Waals surface area contributed by atoms with Crippen LogP contribution in [0.5, 0.6) is 0 Å². The van der Waals surface area contributed by atoms with Crippen molar-refractivity contribution in [2.24, 2.45) is 10.2 Å². The maximum absolute atomic E-state index is 12.4. The highest BCUT2D eigenvalue weighted by molar-refractivity contribution is 7.91. The maximum Gasteiger partial charge on any atom is 0.397 e. The second kappa shape index (κ2) is 9.82. The molecule has 0 radical (unpaired) electrons. The van der Waals surface area contributed by atoms with Crippen molar-refractivity contribution in [3.63, 3.8) is 0 Å². The molecule has 0 saturated heterocycles. The van der Waals surface area contributed by atoms with E-state index in [0.29, 0.717) is 5.69 Å². The van der Waals surface area contributed by atoms with Crippen LogP contribution in [-0.4, -0.2) is 62.9 Å². The molecule has 0 bridgehead atoms. The van der Waals surface area contributed by atoms with Crippen LogP contribution in [0.4, 0.5) is 17.1 Å². The van der Waals surface area contributed by atoms with Gasteiger partial charge in [0.15, 0.2) is 9.84 Å². The van der Waals surface area contributed by atoms with Gasteiger partial charge in [-0.15, -0.1) is 5.11 Å². The monoisotopic (exact) mass is 487 g/mol. The van der Waals surface area contributed by atoms with Gasteiger partial charge in [0, 0.05) is 12.7 Å². The third kappa shape index (κ3) is 6.55. The van der Waals surface area contributed by atoms with Gasteiger partial charge in [-0.3, -0.25) is 4.55 Å². The van der Waals surface area contributed by atoms with E-state index >= 15 is 0 Å². The highest BCUT2D eigenvalue weighted by Gasteiger charge is 2.20. The molecule has 2 rings (SSSR count). The molecule has 0 saturated carbocycles. The van der Waals surface area contributed by atoms with Crippen molar-refractivity contribution >= 4 is 49.2 Å². The predicted molar refractivity (Wildman–Crippen MR) is 110 cm³/mol. The number of nitrogens with one attached hydrogen (secondary N) is 1. The van der Waals surface area contributed by atoms with Crippen LogP contribution in [0.25, 0.3) is 0 Å². The van der Waals surface area contributed by atoms with Crippen LogP contribution >= 0.6 is 0 Å². The Morgan fingerprint density at radius 3 is 2.19 bits per heavy atom. The third-order valence-electron chi connectivity index (χ3n) is 3.92. The number of anilines is 1. The van der Waals surface area contributed by atoms with Crippen LogP contribution in [0.1, 0.15) is 20.7 Å². The largest absolute Gasteiger partial charge is 0.478 e. The average Bonchev–Trinajstić information content (AvgIpc) is 2.70. The SMILES string of the molecule is CNc1ccc(N=Nc2cc(S(=O)(=O)CCOS(=O)(=O)O)ccc2C(=O)O)cc1C(=O)O. The van der Waals surface area contributed by atoms with E-state index in [2.05, 4.69) is 19.7 Å². The molecule has 13 nitrogen and oxygen atoms in total. The van der Waals surface area contributed by atoms with E-state index in [1.165, 1.54) is 25.2 Å². The lowest BCUT2D eigenvalue weighted by Crippen LogP contribution is -2.15. The number of azo groups is 1. The van der Waals surface area contributed by atoms with Crippen LogP contribution in [-0.2, 0) is 24.4 Å². The summed E-state index contributed by atoms with van der Waals surface area (Å²) < 4.78 is 58.4. The standard InChI is InChI=1S/C17H17N3O10S2/c1-18-14-5-2-10(8-13(14)17(23)24)19-20-15-9-11(3-4-12(15)16(21)22)31(25,26)7-6-30-32(27,28)29/h2-5,8-9,18H,6-7H2,1H3,(H,21,22)(H,23,24)(H,27,28,29). The summed E-state index contributed by atoms with van der Waals surface area (Å²) >= 11 is 0. The zero-order chi connectivity index (χ0) is 24.1. The normalized spacial score (nSPS) is 12.1. The first-order valence-corrected chi connectivity index (χ1v) is 11.5. The summed E-state index contributed by atoms with van der Waals surface area (Å²) in [5, 5.41) is 28.8. The Morgan fingerprint density at radius 2 is 1.62 bits per heavy atom. The third-order valence-corrected chi connectivity index (χ3v) is 6.06. The molecule has 15 heteroatoms. The van der Waals surface area contributed by atoms with E-state index in [9.17, 15) is 36.6 Å². The molecule has 0 aliphatic heterocycles. The lowest BCUT2D eigenvalue weighted by Gasteiger charge is -2.07. The summed E-state index contributed by atoms with van der Waals surface area (Å²) in [5.41, 5.74) is -0.468. The fourth-order valence-electron chi connectivity index (χ4n) is 2.44. The topological polar surface area (TPSA) is 209 Å². The Balaban J connectivity index is 2.41. The first-order valence-electron chi connectivity index (χ1n) is 8.53. The number of rotatable bonds is 10. The van der Waals surface area contributed by atoms with E-state index < -0.39 is 49.4 Å². The molecular formula is C17H17N3O10S2. The Kier molecular flexibility index (Phi) is 7.63. The van der Waals surface area contributed by atoms with Crippen LogP contribution in [0.15, 0.2) is 51.5 Å². The summed E-state index contributed by atoms with van der Waals surface area (Å²) in [6, 6.07) is 6.89. The van der Waals surface area contributed by atoms with Gasteiger partial charge in [0.1, 0.15) is 5.69 Å². The van der Waals surface area contributed by atoms with Crippen LogP contribution < -0.4 is 5.32 Å². The number of carboxylic acids is 2. The fraction of sp³-hybridized carbons (Fsp3) is 0.176. The molecule has 32 heavy (non-hydrogen) atoms. The average molecular weight is 487 g/mol. The van der Waals surface area contributed by atoms with Crippen LogP contribution in [0.2, 0.25) is 0 Å². The second-order valence-electron chi connectivity index (χ2n) is 6.04. The smallest absolute Gasteiger partial charge is 0.397 e. The molecule has 0 fully saturated rings. The molecule has 4 N–H and O–H groups in total. The molecule has 0 unspecified atom stereocenters. The van der Waals surface area contributed by atoms with Gasteiger partial charge in [-0.25, -0.2) is 22.2 Å². The highest BCUT2D eigenvalue weighted by atomic mass is 32.3. The summed E-state index contributed by atoms with van der Waals surface area (Å²) in [7, 11) is -7.45. The summed E-state index contributed by atoms with van der Waals surface area (Å²) in [5.74, 6) is -3.49. The lowest BCUT2D eigenvalue weighted by molar-refractivity contribution is 0.0687. The van der Waals surface area contributed by atoms with Crippen molar-refractivity contribution in [3.05, 3.63) is 47.5 Å². The number of hydrogen-bond acceptors (Lipinski definition) is 10. The molecule has 2 aromatic carbocycles. The summed E-state index contributed by atoms with van der Waals surface area (Å²) in [6.45, 7) is -0.867. The van der Waals surface area contributed by atoms with Crippen molar-refractivity contribution in [3.8, 4) is 0 Å². The van der Waals surface area contributed by atoms with Gasteiger partial charge in [-0.2, -0.15) is 13.5 Å². The Morgan fingerprint density at radius 1 is 0.969 bits per heavy atom. The minimum Gasteiger partial charge on any atom is -0.478 e. The van der Waals surface area contributed by atoms with Crippen molar-refractivity contribution in [2.45, 2.75) is 4.90 Å². The zero-order valence-corrected chi connectivity index (χ0v) is 17.9. The van der Waals surface area contributed by atoms with Crippen molar-refractivity contribution < 1.29 is 45.4 Å². The highest BCUT2D eigenvalue weighted by Crippen LogP contribution is 2.28. The molecule has 0 aliphatic carbocycles. The first-order chi connectivity index (χ1) is 14.8. The van der Waals surface area contributed by atoms with Gasteiger partial charge in [-0.05, 0) is 36.4 Å². The Labute approximate surface area is 182 Å². The molecular weight excluding hydrogens is 470 g/mol. The summed E-state index contributed by atoms with van der Waals surface area (Å²) in [6.07, 6.45) is 0. The van der Waals surface area contributed by atoms with Gasteiger partial charge in [0.2, 0.25) is 0 Å². The van der Waals surface area contributed by atoms with E-state index in [1.54, 1.807) is 0 Å². The fourth-order valence-corrected chi connectivity index (χ4v) is 3.94. The van der Waals surface area contributed by atoms with Crippen LogP contribution in [0, 0.1) is 0 Å². The van der Waals surface area contributed by atoms with E-state index in [0.717, 1.165) is 18.2 Å². The number of aromatic carboxylic acids is 2. The molecule has 0 spiro atoms. The van der Waals surface area contributed by atoms with Gasteiger partial charge in [0.25, 0.3) is 0 Å². The molecule has 0 atom stereocenters. The van der Waals surface area contributed by atoms with Crippen molar-refractivity contribution in [1.82, 2.24) is 0 Å². The number of hydrogen-bond donors (Lipinski definition) is 4. The molecule has 0 aromatic heterocycles. The zero-order valence-electron chi connectivity index (χ0n) is 16.3. The minimum absolute atomic E-state index is 0.0625. The second-order valence-corrected chi connectivity index (χ2v) is 9.24. The van der Waals surface area contributed by atoms with Crippen molar-refractivity contribution in [2.75, 3.05) is 24.7 Å². The van der Waals surface area contributed by atoms with Gasteiger partial charge < -0.3 is 15.5 Å². The van der Waals surface area contributed by atoms with E-state index in [1.807, 2.05) is 0 Å². The van der Waals surface area contributed by atoms with Gasteiger partial charge in [-0.1, -0.05) is 0 Å². The molecule has 0 aliphatic rings. The van der Waals surface area contributed by atoms with Crippen molar-refractivity contribution in [1.29, 1.82) is 0 Å². The summed E-state index contributed by atoms with van der Waals surface area (Å²) in [4.78, 5) is 22.4. The quantitative estimate of drug-likeness (QED) is 0.282. The molecule has 2 aromatic rings. The van der Waals surface area contributed by atoms with E-state index in [4.69, 9.17) is 4.55 Å². The number of sulfone groups is 1. The lowest BCUT2D eigenvalue weighted by atomic mass is 10.1. The Hall–Kier alpha value is -3.40. The van der Waals surface area contributed by atoms with Gasteiger partial charge >= 0.3 is 22.3 Å². The first kappa shape index (κ1) is 24.9. The molecule has 0 heterocycles. The number of carboxylic acid groups (broad SMARTS) is 2. The predicted octanol–water partition coefficient (Wildman–Crippen LogP) is 2.13. The number of nitrogens with zero attached hydrogens (tertiary/aromatic N) is 2. The Bertz CT molecular complexity index is 1290. The van der Waals surface area contributed by atoms with Crippen LogP contribution in [0.3, 0.4) is 0 Å². The number of benzene rings is 2.